The van der Waals surface area contributed by atoms with Crippen LogP contribution in [-0.2, 0) is 10.3 Å². The van der Waals surface area contributed by atoms with Gasteiger partial charge in [-0.1, -0.05) is 25.0 Å². The lowest BCUT2D eigenvalue weighted by Crippen LogP contribution is -2.24. The summed E-state index contributed by atoms with van der Waals surface area (Å²) < 4.78 is 5.68. The van der Waals surface area contributed by atoms with Gasteiger partial charge in [0.25, 0.3) is 0 Å². The van der Waals surface area contributed by atoms with E-state index in [1.54, 1.807) is 0 Å². The normalized spacial score (nSPS) is 19.8. The molecule has 76 valence electrons. The van der Waals surface area contributed by atoms with Gasteiger partial charge in [0.1, 0.15) is 0 Å². The highest BCUT2D eigenvalue weighted by Gasteiger charge is 2.35. The predicted octanol–water partition coefficient (Wildman–Crippen LogP) is 2.68. The molecule has 1 aromatic rings. The summed E-state index contributed by atoms with van der Waals surface area (Å²) in [7, 11) is 1.81. The number of anilines is 1. The van der Waals surface area contributed by atoms with E-state index in [1.807, 2.05) is 19.2 Å². The van der Waals surface area contributed by atoms with Crippen molar-refractivity contribution in [2.24, 2.45) is 0 Å². The van der Waals surface area contributed by atoms with E-state index < -0.39 is 0 Å². The van der Waals surface area contributed by atoms with Gasteiger partial charge < -0.3 is 10.5 Å². The fourth-order valence-corrected chi connectivity index (χ4v) is 2.34. The van der Waals surface area contributed by atoms with Crippen molar-refractivity contribution in [2.75, 3.05) is 12.8 Å². The number of nitrogen functional groups attached to an aromatic ring is 1. The topological polar surface area (TPSA) is 35.2 Å². The lowest BCUT2D eigenvalue weighted by Gasteiger charge is -2.28. The number of nitrogens with two attached hydrogens (primary N) is 1. The summed E-state index contributed by atoms with van der Waals surface area (Å²) in [5.41, 5.74) is 7.72. The zero-order chi connectivity index (χ0) is 10.0. The van der Waals surface area contributed by atoms with Crippen molar-refractivity contribution in [2.45, 2.75) is 31.3 Å². The molecule has 0 heterocycles. The summed E-state index contributed by atoms with van der Waals surface area (Å²) in [6.07, 6.45) is 4.79. The second-order valence-corrected chi connectivity index (χ2v) is 4.03. The van der Waals surface area contributed by atoms with E-state index in [0.29, 0.717) is 0 Å². The largest absolute Gasteiger partial charge is 0.399 e. The van der Waals surface area contributed by atoms with Crippen molar-refractivity contribution >= 4 is 5.69 Å². The molecule has 0 unspecified atom stereocenters. The Morgan fingerprint density at radius 2 is 1.71 bits per heavy atom. The van der Waals surface area contributed by atoms with Gasteiger partial charge >= 0.3 is 0 Å². The van der Waals surface area contributed by atoms with Crippen molar-refractivity contribution in [3.05, 3.63) is 29.8 Å². The second-order valence-electron chi connectivity index (χ2n) is 4.03. The van der Waals surface area contributed by atoms with Gasteiger partial charge in [-0.3, -0.25) is 0 Å². The highest BCUT2D eigenvalue weighted by atomic mass is 16.5. The summed E-state index contributed by atoms with van der Waals surface area (Å²) >= 11 is 0. The molecule has 0 saturated heterocycles. The number of benzene rings is 1. The summed E-state index contributed by atoms with van der Waals surface area (Å²) in [5, 5.41) is 0. The lowest BCUT2D eigenvalue weighted by atomic mass is 9.92. The summed E-state index contributed by atoms with van der Waals surface area (Å²) in [6, 6.07) is 8.08. The highest BCUT2D eigenvalue weighted by molar-refractivity contribution is 5.41. The van der Waals surface area contributed by atoms with Crippen LogP contribution in [0.4, 0.5) is 5.69 Å². The molecule has 2 heteroatoms. The average Bonchev–Trinajstić information content (AvgIpc) is 2.68. The van der Waals surface area contributed by atoms with Gasteiger partial charge in [0.2, 0.25) is 0 Å². The van der Waals surface area contributed by atoms with Crippen molar-refractivity contribution < 1.29 is 4.74 Å². The zero-order valence-electron chi connectivity index (χ0n) is 8.62. The van der Waals surface area contributed by atoms with Crippen LogP contribution in [0.3, 0.4) is 0 Å². The number of methoxy groups -OCH3 is 1. The van der Waals surface area contributed by atoms with Crippen molar-refractivity contribution in [3.8, 4) is 0 Å². The Bertz CT molecular complexity index is 299. The van der Waals surface area contributed by atoms with E-state index in [-0.39, 0.29) is 5.60 Å². The number of rotatable bonds is 2. The zero-order valence-corrected chi connectivity index (χ0v) is 8.62. The fraction of sp³-hybridized carbons (Fsp3) is 0.500. The maximum atomic E-state index is 5.68. The van der Waals surface area contributed by atoms with Gasteiger partial charge in [0.15, 0.2) is 0 Å². The quantitative estimate of drug-likeness (QED) is 0.729. The van der Waals surface area contributed by atoms with Gasteiger partial charge in [-0.2, -0.15) is 0 Å². The lowest BCUT2D eigenvalue weighted by molar-refractivity contribution is -0.00868. The third-order valence-corrected chi connectivity index (χ3v) is 3.24. The maximum Gasteiger partial charge on any atom is 0.0927 e. The van der Waals surface area contributed by atoms with Gasteiger partial charge in [0, 0.05) is 12.8 Å². The van der Waals surface area contributed by atoms with E-state index >= 15 is 0 Å². The molecular formula is C12H17NO. The molecule has 0 amide bonds. The Morgan fingerprint density at radius 3 is 2.21 bits per heavy atom. The van der Waals surface area contributed by atoms with Crippen LogP contribution in [-0.4, -0.2) is 7.11 Å². The minimum absolute atomic E-state index is 0.0340. The molecule has 0 bridgehead atoms. The Labute approximate surface area is 85.1 Å². The fourth-order valence-electron chi connectivity index (χ4n) is 2.34. The Hall–Kier alpha value is -1.02. The smallest absolute Gasteiger partial charge is 0.0927 e. The molecule has 1 fully saturated rings. The van der Waals surface area contributed by atoms with Crippen molar-refractivity contribution in [1.29, 1.82) is 0 Å². The molecule has 0 atom stereocenters. The Morgan fingerprint density at radius 1 is 1.14 bits per heavy atom. The molecule has 2 rings (SSSR count). The number of hydrogen-bond acceptors (Lipinski definition) is 2. The predicted molar refractivity (Wildman–Crippen MR) is 58.0 cm³/mol. The molecule has 2 nitrogen and oxygen atoms in total. The molecule has 1 aliphatic rings. The summed E-state index contributed by atoms with van der Waals surface area (Å²) in [5.74, 6) is 0. The molecule has 0 spiro atoms. The van der Waals surface area contributed by atoms with Crippen LogP contribution in [0.25, 0.3) is 0 Å². The van der Waals surface area contributed by atoms with Gasteiger partial charge in [-0.25, -0.2) is 0 Å². The molecule has 2 N–H and O–H groups in total. The number of ether oxygens (including phenoxy) is 1. The van der Waals surface area contributed by atoms with Crippen LogP contribution in [0.2, 0.25) is 0 Å². The molecule has 0 radical (unpaired) electrons. The molecular weight excluding hydrogens is 174 g/mol. The molecule has 1 saturated carbocycles. The van der Waals surface area contributed by atoms with Crippen LogP contribution in [0, 0.1) is 0 Å². The molecule has 1 aromatic carbocycles. The Balaban J connectivity index is 2.31. The minimum atomic E-state index is -0.0340. The van der Waals surface area contributed by atoms with Crippen LogP contribution in [0.1, 0.15) is 31.2 Å². The third kappa shape index (κ3) is 1.50. The molecule has 0 aliphatic heterocycles. The van der Waals surface area contributed by atoms with Crippen LogP contribution in [0.5, 0.6) is 0 Å². The summed E-state index contributed by atoms with van der Waals surface area (Å²) in [4.78, 5) is 0. The first-order chi connectivity index (χ1) is 6.77. The number of hydrogen-bond donors (Lipinski definition) is 1. The van der Waals surface area contributed by atoms with E-state index in [0.717, 1.165) is 18.5 Å². The highest BCUT2D eigenvalue weighted by Crippen LogP contribution is 2.41. The van der Waals surface area contributed by atoms with Gasteiger partial charge in [-0.05, 0) is 30.5 Å². The van der Waals surface area contributed by atoms with Crippen molar-refractivity contribution in [3.63, 3.8) is 0 Å². The first-order valence-corrected chi connectivity index (χ1v) is 5.18. The summed E-state index contributed by atoms with van der Waals surface area (Å²) in [6.45, 7) is 0. The van der Waals surface area contributed by atoms with Gasteiger partial charge in [0.05, 0.1) is 5.60 Å². The minimum Gasteiger partial charge on any atom is -0.399 e. The standard InChI is InChI=1S/C12H17NO/c1-14-12(8-2-3-9-12)10-4-6-11(13)7-5-10/h4-7H,2-3,8-9,13H2,1H3. The van der Waals surface area contributed by atoms with Crippen molar-refractivity contribution in [1.82, 2.24) is 0 Å². The SMILES string of the molecule is COC1(c2ccc(N)cc2)CCCC1. The van der Waals surface area contributed by atoms with Crippen LogP contribution < -0.4 is 5.73 Å². The van der Waals surface area contributed by atoms with E-state index in [2.05, 4.69) is 12.1 Å². The maximum absolute atomic E-state index is 5.68. The van der Waals surface area contributed by atoms with E-state index in [9.17, 15) is 0 Å². The van der Waals surface area contributed by atoms with Crippen LogP contribution in [0.15, 0.2) is 24.3 Å². The second kappa shape index (κ2) is 3.62. The molecule has 0 aromatic heterocycles. The van der Waals surface area contributed by atoms with Crippen LogP contribution >= 0.6 is 0 Å². The first kappa shape index (κ1) is 9.53. The monoisotopic (exact) mass is 191 g/mol. The van der Waals surface area contributed by atoms with E-state index in [4.69, 9.17) is 10.5 Å². The van der Waals surface area contributed by atoms with E-state index in [1.165, 1.54) is 18.4 Å². The molecule has 1 aliphatic carbocycles. The van der Waals surface area contributed by atoms with Gasteiger partial charge in [-0.15, -0.1) is 0 Å². The molecule has 14 heavy (non-hydrogen) atoms. The average molecular weight is 191 g/mol. The first-order valence-electron chi connectivity index (χ1n) is 5.18. The third-order valence-electron chi connectivity index (χ3n) is 3.24. The Kier molecular flexibility index (Phi) is 2.46.